The molecule has 2 aromatic carbocycles. The highest BCUT2D eigenvalue weighted by Crippen LogP contribution is 2.20. The van der Waals surface area contributed by atoms with E-state index in [4.69, 9.17) is 4.74 Å². The Kier molecular flexibility index (Phi) is 4.28. The summed E-state index contributed by atoms with van der Waals surface area (Å²) in [5.74, 6) is 0.752. The molecule has 0 saturated carbocycles. The highest BCUT2D eigenvalue weighted by molar-refractivity contribution is 5.78. The molecular formula is C18H20N2O2. The number of carbonyl (C=O) groups is 1. The lowest BCUT2D eigenvalue weighted by Gasteiger charge is -2.20. The third kappa shape index (κ3) is 3.39. The zero-order valence-electron chi connectivity index (χ0n) is 12.7. The molecule has 0 aromatic heterocycles. The van der Waals surface area contributed by atoms with Crippen LogP contribution in [0.4, 0.5) is 5.69 Å². The first-order valence-electron chi connectivity index (χ1n) is 7.51. The number of anilines is 1. The fraction of sp³-hybridized carbons (Fsp3) is 0.278. The predicted octanol–water partition coefficient (Wildman–Crippen LogP) is 2.83. The van der Waals surface area contributed by atoms with Crippen LogP contribution < -0.4 is 10.1 Å². The molecule has 0 unspecified atom stereocenters. The number of hydrogen-bond donors (Lipinski definition) is 1. The van der Waals surface area contributed by atoms with Crippen LogP contribution in [-0.2, 0) is 11.3 Å². The molecule has 0 atom stereocenters. The summed E-state index contributed by atoms with van der Waals surface area (Å²) in [5, 5.41) is 3.36. The summed E-state index contributed by atoms with van der Waals surface area (Å²) in [5.41, 5.74) is 3.37. The molecule has 2 aromatic rings. The Morgan fingerprint density at radius 3 is 2.95 bits per heavy atom. The van der Waals surface area contributed by atoms with Crippen LogP contribution in [0.2, 0.25) is 0 Å². The Morgan fingerprint density at radius 1 is 1.23 bits per heavy atom. The molecule has 1 N–H and O–H groups in total. The third-order valence-electron chi connectivity index (χ3n) is 3.78. The summed E-state index contributed by atoms with van der Waals surface area (Å²) in [7, 11) is 0. The van der Waals surface area contributed by atoms with E-state index < -0.39 is 0 Å². The number of ether oxygens (including phenoxy) is 1. The van der Waals surface area contributed by atoms with Crippen molar-refractivity contribution in [2.24, 2.45) is 0 Å². The summed E-state index contributed by atoms with van der Waals surface area (Å²) < 4.78 is 5.62. The smallest absolute Gasteiger partial charge is 0.260 e. The van der Waals surface area contributed by atoms with E-state index in [0.717, 1.165) is 29.1 Å². The number of nitrogens with one attached hydrogen (secondary N) is 1. The minimum Gasteiger partial charge on any atom is -0.484 e. The average molecular weight is 296 g/mol. The first-order valence-corrected chi connectivity index (χ1v) is 7.51. The van der Waals surface area contributed by atoms with Crippen molar-refractivity contribution < 1.29 is 9.53 Å². The predicted molar refractivity (Wildman–Crippen MR) is 87.0 cm³/mol. The summed E-state index contributed by atoms with van der Waals surface area (Å²) in [6.07, 6.45) is 0. The second-order valence-electron chi connectivity index (χ2n) is 5.50. The minimum atomic E-state index is 0.0139. The van der Waals surface area contributed by atoms with Crippen LogP contribution in [0.25, 0.3) is 0 Å². The normalized spacial score (nSPS) is 13.8. The van der Waals surface area contributed by atoms with Crippen molar-refractivity contribution in [3.05, 3.63) is 59.7 Å². The van der Waals surface area contributed by atoms with E-state index in [9.17, 15) is 4.79 Å². The van der Waals surface area contributed by atoms with Crippen LogP contribution in [0.5, 0.6) is 5.75 Å². The largest absolute Gasteiger partial charge is 0.484 e. The molecular weight excluding hydrogens is 276 g/mol. The van der Waals surface area contributed by atoms with Gasteiger partial charge >= 0.3 is 0 Å². The molecule has 0 spiro atoms. The number of fused-ring (bicyclic) bond motifs is 1. The Bertz CT molecular complexity index is 670. The van der Waals surface area contributed by atoms with Crippen molar-refractivity contribution in [1.29, 1.82) is 0 Å². The van der Waals surface area contributed by atoms with Gasteiger partial charge in [-0.05, 0) is 36.2 Å². The number of para-hydroxylation sites is 1. The van der Waals surface area contributed by atoms with Crippen LogP contribution in [0.1, 0.15) is 11.1 Å². The van der Waals surface area contributed by atoms with Crippen molar-refractivity contribution >= 4 is 11.6 Å². The minimum absolute atomic E-state index is 0.0139. The summed E-state index contributed by atoms with van der Waals surface area (Å²) in [4.78, 5) is 14.2. The molecule has 114 valence electrons. The van der Waals surface area contributed by atoms with Gasteiger partial charge in [-0.25, -0.2) is 0 Å². The van der Waals surface area contributed by atoms with Gasteiger partial charge in [0.15, 0.2) is 6.61 Å². The Labute approximate surface area is 130 Å². The zero-order valence-corrected chi connectivity index (χ0v) is 12.7. The van der Waals surface area contributed by atoms with E-state index in [1.54, 1.807) is 0 Å². The van der Waals surface area contributed by atoms with E-state index in [1.165, 1.54) is 0 Å². The fourth-order valence-electron chi connectivity index (χ4n) is 2.60. The number of nitrogens with zero attached hydrogens (tertiary/aromatic N) is 1. The Hall–Kier alpha value is -2.49. The highest BCUT2D eigenvalue weighted by atomic mass is 16.5. The number of amides is 1. The maximum Gasteiger partial charge on any atom is 0.260 e. The van der Waals surface area contributed by atoms with E-state index in [2.05, 4.69) is 11.4 Å². The standard InChI is InChI=1S/C18H20N2O2/c1-14-5-4-7-16(11-14)22-13-18(21)20-10-9-19-17-8-3-2-6-15(17)12-20/h2-8,11,19H,9-10,12-13H2,1H3. The molecule has 1 heterocycles. The summed E-state index contributed by atoms with van der Waals surface area (Å²) in [6.45, 7) is 4.15. The molecule has 0 aliphatic carbocycles. The monoisotopic (exact) mass is 296 g/mol. The highest BCUT2D eigenvalue weighted by Gasteiger charge is 2.18. The van der Waals surface area contributed by atoms with Crippen molar-refractivity contribution in [3.63, 3.8) is 0 Å². The zero-order chi connectivity index (χ0) is 15.4. The molecule has 4 nitrogen and oxygen atoms in total. The Morgan fingerprint density at radius 2 is 2.09 bits per heavy atom. The van der Waals surface area contributed by atoms with Gasteiger partial charge in [0.2, 0.25) is 0 Å². The SMILES string of the molecule is Cc1cccc(OCC(=O)N2CCNc3ccccc3C2)c1. The topological polar surface area (TPSA) is 41.6 Å². The van der Waals surface area contributed by atoms with Gasteiger partial charge in [0.25, 0.3) is 5.91 Å². The van der Waals surface area contributed by atoms with Crippen molar-refractivity contribution in [3.8, 4) is 5.75 Å². The molecule has 0 radical (unpaired) electrons. The van der Waals surface area contributed by atoms with Gasteiger partial charge in [-0.1, -0.05) is 30.3 Å². The van der Waals surface area contributed by atoms with Gasteiger partial charge in [-0.15, -0.1) is 0 Å². The summed E-state index contributed by atoms with van der Waals surface area (Å²) in [6, 6.07) is 15.9. The lowest BCUT2D eigenvalue weighted by atomic mass is 10.2. The van der Waals surface area contributed by atoms with Crippen molar-refractivity contribution in [2.75, 3.05) is 25.0 Å². The van der Waals surface area contributed by atoms with E-state index >= 15 is 0 Å². The molecule has 0 saturated heterocycles. The van der Waals surface area contributed by atoms with Crippen LogP contribution in [-0.4, -0.2) is 30.5 Å². The number of aryl methyl sites for hydroxylation is 1. The summed E-state index contributed by atoms with van der Waals surface area (Å²) >= 11 is 0. The third-order valence-corrected chi connectivity index (χ3v) is 3.78. The number of carbonyl (C=O) groups excluding carboxylic acids is 1. The second kappa shape index (κ2) is 6.52. The van der Waals surface area contributed by atoms with E-state index in [-0.39, 0.29) is 12.5 Å². The van der Waals surface area contributed by atoms with Gasteiger partial charge in [-0.2, -0.15) is 0 Å². The number of benzene rings is 2. The lowest BCUT2D eigenvalue weighted by molar-refractivity contribution is -0.133. The average Bonchev–Trinajstić information content (AvgIpc) is 2.75. The van der Waals surface area contributed by atoms with Crippen LogP contribution >= 0.6 is 0 Å². The van der Waals surface area contributed by atoms with E-state index in [1.807, 2.05) is 54.3 Å². The molecule has 0 bridgehead atoms. The van der Waals surface area contributed by atoms with Gasteiger partial charge in [0.05, 0.1) is 0 Å². The van der Waals surface area contributed by atoms with Crippen LogP contribution in [0, 0.1) is 6.92 Å². The quantitative estimate of drug-likeness (QED) is 0.947. The van der Waals surface area contributed by atoms with Gasteiger partial charge in [0.1, 0.15) is 5.75 Å². The second-order valence-corrected chi connectivity index (χ2v) is 5.50. The van der Waals surface area contributed by atoms with Gasteiger partial charge in [0, 0.05) is 25.3 Å². The van der Waals surface area contributed by atoms with Gasteiger partial charge < -0.3 is 15.0 Å². The first kappa shape index (κ1) is 14.4. The molecule has 1 aliphatic rings. The molecule has 1 aliphatic heterocycles. The van der Waals surface area contributed by atoms with E-state index in [0.29, 0.717) is 13.1 Å². The van der Waals surface area contributed by atoms with Crippen LogP contribution in [0.3, 0.4) is 0 Å². The van der Waals surface area contributed by atoms with Gasteiger partial charge in [-0.3, -0.25) is 4.79 Å². The fourth-order valence-corrected chi connectivity index (χ4v) is 2.60. The number of hydrogen-bond acceptors (Lipinski definition) is 3. The first-order chi connectivity index (χ1) is 10.7. The Balaban J connectivity index is 1.63. The molecule has 0 fully saturated rings. The van der Waals surface area contributed by atoms with Crippen molar-refractivity contribution in [1.82, 2.24) is 4.90 Å². The lowest BCUT2D eigenvalue weighted by Crippen LogP contribution is -2.36. The molecule has 22 heavy (non-hydrogen) atoms. The van der Waals surface area contributed by atoms with Crippen molar-refractivity contribution in [2.45, 2.75) is 13.5 Å². The maximum atomic E-state index is 12.4. The number of rotatable bonds is 3. The molecule has 3 rings (SSSR count). The molecule has 4 heteroatoms. The molecule has 1 amide bonds. The van der Waals surface area contributed by atoms with Crippen LogP contribution in [0.15, 0.2) is 48.5 Å². The maximum absolute atomic E-state index is 12.4.